The number of nitrogen functional groups attached to an aromatic ring is 1. The van der Waals surface area contributed by atoms with E-state index in [1.165, 1.54) is 0 Å². The van der Waals surface area contributed by atoms with Crippen molar-refractivity contribution in [2.45, 2.75) is 38.3 Å². The van der Waals surface area contributed by atoms with Gasteiger partial charge in [0.05, 0.1) is 5.71 Å². The van der Waals surface area contributed by atoms with E-state index >= 15 is 0 Å². The summed E-state index contributed by atoms with van der Waals surface area (Å²) < 4.78 is 6.08. The maximum atomic E-state index is 11.0. The molecule has 28 heavy (non-hydrogen) atoms. The zero-order valence-corrected chi connectivity index (χ0v) is 15.9. The number of carbonyl (C=O) groups is 2. The molecule has 2 atom stereocenters. The van der Waals surface area contributed by atoms with Crippen LogP contribution in [0.2, 0.25) is 0 Å². The summed E-state index contributed by atoms with van der Waals surface area (Å²) in [6.45, 7) is 2.90. The number of anilines is 1. The van der Waals surface area contributed by atoms with Crippen molar-refractivity contribution in [3.8, 4) is 5.75 Å². The van der Waals surface area contributed by atoms with Gasteiger partial charge < -0.3 is 15.4 Å². The molecule has 0 radical (unpaired) electrons. The lowest BCUT2D eigenvalue weighted by Gasteiger charge is -2.39. The van der Waals surface area contributed by atoms with Gasteiger partial charge in [-0.05, 0) is 55.3 Å². The molecule has 146 valence electrons. The van der Waals surface area contributed by atoms with E-state index in [1.807, 2.05) is 29.2 Å². The Kier molecular flexibility index (Phi) is 6.09. The van der Waals surface area contributed by atoms with Gasteiger partial charge in [0.1, 0.15) is 18.1 Å². The maximum Gasteiger partial charge on any atom is 0.209 e. The van der Waals surface area contributed by atoms with Crippen LogP contribution in [-0.4, -0.2) is 42.0 Å². The first-order valence-electron chi connectivity index (χ1n) is 9.47. The lowest BCUT2D eigenvalue weighted by Crippen LogP contribution is -2.48. The fourth-order valence-corrected chi connectivity index (χ4v) is 3.37. The Morgan fingerprint density at radius 1 is 1.29 bits per heavy atom. The maximum absolute atomic E-state index is 11.0. The third kappa shape index (κ3) is 4.22. The smallest absolute Gasteiger partial charge is 0.209 e. The molecule has 1 aliphatic heterocycles. The van der Waals surface area contributed by atoms with E-state index in [4.69, 9.17) is 15.9 Å². The van der Waals surface area contributed by atoms with Crippen LogP contribution in [0, 0.1) is 5.41 Å². The summed E-state index contributed by atoms with van der Waals surface area (Å²) in [6, 6.07) is 12.5. The van der Waals surface area contributed by atoms with Gasteiger partial charge in [-0.25, -0.2) is 0 Å². The first-order chi connectivity index (χ1) is 13.5. The summed E-state index contributed by atoms with van der Waals surface area (Å²) in [5, 5.41) is 8.42. The highest BCUT2D eigenvalue weighted by atomic mass is 16.5. The summed E-state index contributed by atoms with van der Waals surface area (Å²) in [7, 11) is 0. The Labute approximate surface area is 164 Å². The SMILES string of the molecule is CCC(CC1CCN1C=O)Oc1ccc(C(=N)c2cc(C=O)ccc2N)cc1. The monoisotopic (exact) mass is 379 g/mol. The van der Waals surface area contributed by atoms with Gasteiger partial charge in [0.2, 0.25) is 6.41 Å². The van der Waals surface area contributed by atoms with Gasteiger partial charge in [0.15, 0.2) is 0 Å². The van der Waals surface area contributed by atoms with Crippen molar-refractivity contribution in [1.82, 2.24) is 4.90 Å². The Morgan fingerprint density at radius 3 is 2.61 bits per heavy atom. The lowest BCUT2D eigenvalue weighted by molar-refractivity contribution is -0.125. The second-order valence-electron chi connectivity index (χ2n) is 7.03. The van der Waals surface area contributed by atoms with E-state index in [-0.39, 0.29) is 17.9 Å². The van der Waals surface area contributed by atoms with Crippen LogP contribution in [0.3, 0.4) is 0 Å². The highest BCUT2D eigenvalue weighted by Crippen LogP contribution is 2.25. The highest BCUT2D eigenvalue weighted by Gasteiger charge is 2.29. The summed E-state index contributed by atoms with van der Waals surface area (Å²) in [5.74, 6) is 0.731. The predicted molar refractivity (Wildman–Crippen MR) is 109 cm³/mol. The summed E-state index contributed by atoms with van der Waals surface area (Å²) in [5.41, 5.74) is 8.41. The number of amides is 1. The fraction of sp³-hybridized carbons (Fsp3) is 0.318. The minimum atomic E-state index is 0.0398. The Morgan fingerprint density at radius 2 is 2.04 bits per heavy atom. The number of likely N-dealkylation sites (tertiary alicyclic amines) is 1. The molecule has 0 saturated carbocycles. The number of aldehydes is 1. The van der Waals surface area contributed by atoms with Gasteiger partial charge in [-0.1, -0.05) is 6.92 Å². The number of hydrogen-bond donors (Lipinski definition) is 2. The molecule has 1 saturated heterocycles. The van der Waals surface area contributed by atoms with Crippen molar-refractivity contribution in [3.63, 3.8) is 0 Å². The number of benzene rings is 2. The van der Waals surface area contributed by atoms with E-state index in [0.29, 0.717) is 22.4 Å². The van der Waals surface area contributed by atoms with Gasteiger partial charge in [-0.2, -0.15) is 0 Å². The first-order valence-corrected chi connectivity index (χ1v) is 9.47. The molecule has 2 aromatic rings. The predicted octanol–water partition coefficient (Wildman–Crippen LogP) is 3.28. The van der Waals surface area contributed by atoms with Crippen molar-refractivity contribution in [3.05, 3.63) is 59.2 Å². The Bertz CT molecular complexity index is 864. The normalized spacial score (nSPS) is 16.8. The molecule has 0 spiro atoms. The number of nitrogens with one attached hydrogen (secondary N) is 1. The average molecular weight is 379 g/mol. The highest BCUT2D eigenvalue weighted by molar-refractivity contribution is 6.14. The summed E-state index contributed by atoms with van der Waals surface area (Å²) in [4.78, 5) is 23.8. The van der Waals surface area contributed by atoms with Crippen LogP contribution >= 0.6 is 0 Å². The molecule has 0 aromatic heterocycles. The molecule has 2 aromatic carbocycles. The minimum Gasteiger partial charge on any atom is -0.490 e. The molecular weight excluding hydrogens is 354 g/mol. The molecule has 0 aliphatic carbocycles. The van der Waals surface area contributed by atoms with Crippen LogP contribution < -0.4 is 10.5 Å². The van der Waals surface area contributed by atoms with Crippen LogP contribution in [0.4, 0.5) is 5.69 Å². The third-order valence-electron chi connectivity index (χ3n) is 5.24. The van der Waals surface area contributed by atoms with Crippen LogP contribution in [0.1, 0.15) is 47.7 Å². The molecular formula is C22H25N3O3. The minimum absolute atomic E-state index is 0.0398. The van der Waals surface area contributed by atoms with Crippen molar-refractivity contribution in [2.75, 3.05) is 12.3 Å². The van der Waals surface area contributed by atoms with Gasteiger partial charge >= 0.3 is 0 Å². The van der Waals surface area contributed by atoms with E-state index in [1.54, 1.807) is 18.2 Å². The van der Waals surface area contributed by atoms with E-state index in [9.17, 15) is 9.59 Å². The molecule has 1 heterocycles. The zero-order valence-electron chi connectivity index (χ0n) is 15.9. The number of ether oxygens (including phenoxy) is 1. The van der Waals surface area contributed by atoms with Crippen molar-refractivity contribution in [2.24, 2.45) is 0 Å². The van der Waals surface area contributed by atoms with Crippen LogP contribution in [0.15, 0.2) is 42.5 Å². The molecule has 0 bridgehead atoms. The van der Waals surface area contributed by atoms with Gasteiger partial charge in [-0.15, -0.1) is 0 Å². The lowest BCUT2D eigenvalue weighted by atomic mass is 9.96. The molecule has 3 N–H and O–H groups in total. The average Bonchev–Trinajstić information content (AvgIpc) is 2.71. The summed E-state index contributed by atoms with van der Waals surface area (Å²) >= 11 is 0. The molecule has 1 aliphatic rings. The molecule has 3 rings (SSSR count). The number of hydrogen-bond acceptors (Lipinski definition) is 5. The molecule has 1 fully saturated rings. The Balaban J connectivity index is 1.68. The third-order valence-corrected chi connectivity index (χ3v) is 5.24. The number of rotatable bonds is 9. The van der Waals surface area contributed by atoms with E-state index in [2.05, 4.69) is 6.92 Å². The van der Waals surface area contributed by atoms with Crippen LogP contribution in [0.5, 0.6) is 5.75 Å². The first kappa shape index (κ1) is 19.6. The van der Waals surface area contributed by atoms with E-state index in [0.717, 1.165) is 44.3 Å². The molecule has 2 unspecified atom stereocenters. The van der Waals surface area contributed by atoms with Crippen molar-refractivity contribution < 1.29 is 14.3 Å². The van der Waals surface area contributed by atoms with Gasteiger partial charge in [0.25, 0.3) is 0 Å². The quantitative estimate of drug-likeness (QED) is 0.397. The topological polar surface area (TPSA) is 96.5 Å². The molecule has 6 nitrogen and oxygen atoms in total. The molecule has 6 heteroatoms. The second-order valence-corrected chi connectivity index (χ2v) is 7.03. The van der Waals surface area contributed by atoms with Crippen molar-refractivity contribution in [1.29, 1.82) is 5.41 Å². The number of carbonyl (C=O) groups excluding carboxylic acids is 2. The van der Waals surface area contributed by atoms with Crippen LogP contribution in [-0.2, 0) is 4.79 Å². The number of nitrogens with two attached hydrogens (primary N) is 1. The van der Waals surface area contributed by atoms with Crippen LogP contribution in [0.25, 0.3) is 0 Å². The van der Waals surface area contributed by atoms with Crippen molar-refractivity contribution >= 4 is 24.1 Å². The van der Waals surface area contributed by atoms with Gasteiger partial charge in [-0.3, -0.25) is 15.0 Å². The fourth-order valence-electron chi connectivity index (χ4n) is 3.37. The molecule has 1 amide bonds. The van der Waals surface area contributed by atoms with E-state index < -0.39 is 0 Å². The standard InChI is InChI=1S/C22H25N3O3/c1-2-18(12-17-9-10-25(17)14-27)28-19-6-4-16(5-7-19)22(24)20-11-15(13-26)3-8-21(20)23/h3-8,11,13-14,17-18,24H,2,9-10,12,23H2,1H3. The number of nitrogens with zero attached hydrogens (tertiary/aromatic N) is 1. The zero-order chi connectivity index (χ0) is 20.1. The summed E-state index contributed by atoms with van der Waals surface area (Å²) in [6.07, 6.45) is 4.39. The van der Waals surface area contributed by atoms with Gasteiger partial charge in [0, 0.05) is 41.4 Å². The largest absolute Gasteiger partial charge is 0.490 e. The Hall–Kier alpha value is -3.15. The second kappa shape index (κ2) is 8.69.